The molecule has 2 aromatic rings. The van der Waals surface area contributed by atoms with Crippen molar-refractivity contribution in [3.63, 3.8) is 0 Å². The van der Waals surface area contributed by atoms with Crippen LogP contribution in [-0.4, -0.2) is 55.4 Å². The molecule has 1 N–H and O–H groups in total. The van der Waals surface area contributed by atoms with E-state index in [-0.39, 0.29) is 16.9 Å². The van der Waals surface area contributed by atoms with Crippen LogP contribution in [0.2, 0.25) is 18.1 Å². The van der Waals surface area contributed by atoms with Crippen molar-refractivity contribution in [2.45, 2.75) is 38.9 Å². The summed E-state index contributed by atoms with van der Waals surface area (Å²) in [6.07, 6.45) is 2.61. The van der Waals surface area contributed by atoms with Gasteiger partial charge in [0.05, 0.1) is 12.4 Å². The van der Waals surface area contributed by atoms with Crippen molar-refractivity contribution in [1.29, 1.82) is 0 Å². The first kappa shape index (κ1) is 22.9. The maximum atomic E-state index is 13.9. The second-order valence-electron chi connectivity index (χ2n) is 9.10. The number of aromatic nitrogens is 2. The molecule has 2 amide bonds. The van der Waals surface area contributed by atoms with Crippen molar-refractivity contribution in [2.75, 3.05) is 36.4 Å². The number of anilines is 2. The molecule has 3 heterocycles. The van der Waals surface area contributed by atoms with Gasteiger partial charge in [-0.3, -0.25) is 5.32 Å². The van der Waals surface area contributed by atoms with Gasteiger partial charge in [0, 0.05) is 32.2 Å². The van der Waals surface area contributed by atoms with E-state index in [1.165, 1.54) is 0 Å². The van der Waals surface area contributed by atoms with Crippen LogP contribution in [0, 0.1) is 11.6 Å². The van der Waals surface area contributed by atoms with E-state index in [9.17, 15) is 13.6 Å². The molecule has 0 unspecified atom stereocenters. The Morgan fingerprint density at radius 3 is 2.32 bits per heavy atom. The Balaban J connectivity index is 1.54. The minimum atomic E-state index is -1.96. The van der Waals surface area contributed by atoms with Gasteiger partial charge in [-0.2, -0.15) is 0 Å². The number of urea groups is 1. The van der Waals surface area contributed by atoms with E-state index in [0.717, 1.165) is 12.3 Å². The van der Waals surface area contributed by atoms with Gasteiger partial charge in [0.25, 0.3) is 8.32 Å². The second-order valence-corrected chi connectivity index (χ2v) is 13.8. The van der Waals surface area contributed by atoms with Gasteiger partial charge >= 0.3 is 6.03 Å². The number of piperazine rings is 1. The standard InChI is InChI=1S/C21H29F2N5O2Si/c1-21(2,3)31(4,5)30-16-6-7-18(24-14-16)26-20(29)28-10-8-27(9-11-28)19-17(23)12-15(22)13-25-19/h6-7,12-14H,8-11H2,1-5H3,(H,24,26,29). The fourth-order valence-corrected chi connectivity index (χ4v) is 3.93. The molecule has 0 radical (unpaired) electrons. The Labute approximate surface area is 182 Å². The minimum absolute atomic E-state index is 0.0778. The smallest absolute Gasteiger partial charge is 0.323 e. The normalized spacial score (nSPS) is 15.1. The van der Waals surface area contributed by atoms with E-state index < -0.39 is 20.0 Å². The van der Waals surface area contributed by atoms with Crippen LogP contribution in [0.1, 0.15) is 20.8 Å². The number of carbonyl (C=O) groups is 1. The molecule has 0 aromatic carbocycles. The van der Waals surface area contributed by atoms with Crippen molar-refractivity contribution in [1.82, 2.24) is 14.9 Å². The first-order valence-corrected chi connectivity index (χ1v) is 13.1. The van der Waals surface area contributed by atoms with E-state index in [0.29, 0.717) is 37.7 Å². The molecule has 2 aromatic heterocycles. The molecule has 10 heteroatoms. The predicted molar refractivity (Wildman–Crippen MR) is 119 cm³/mol. The highest BCUT2D eigenvalue weighted by atomic mass is 28.4. The highest BCUT2D eigenvalue weighted by Crippen LogP contribution is 2.37. The highest BCUT2D eigenvalue weighted by Gasteiger charge is 2.39. The van der Waals surface area contributed by atoms with Crippen LogP contribution in [0.5, 0.6) is 5.75 Å². The van der Waals surface area contributed by atoms with E-state index >= 15 is 0 Å². The van der Waals surface area contributed by atoms with Crippen LogP contribution >= 0.6 is 0 Å². The van der Waals surface area contributed by atoms with E-state index in [1.54, 1.807) is 22.1 Å². The largest absolute Gasteiger partial charge is 0.542 e. The van der Waals surface area contributed by atoms with Crippen molar-refractivity contribution >= 4 is 26.0 Å². The molecule has 0 bridgehead atoms. The van der Waals surface area contributed by atoms with Crippen molar-refractivity contribution < 1.29 is 18.0 Å². The van der Waals surface area contributed by atoms with Crippen molar-refractivity contribution in [3.8, 4) is 5.75 Å². The number of rotatable bonds is 4. The number of amides is 2. The third-order valence-electron chi connectivity index (χ3n) is 5.81. The Morgan fingerprint density at radius 2 is 1.77 bits per heavy atom. The van der Waals surface area contributed by atoms with Crippen molar-refractivity contribution in [3.05, 3.63) is 42.2 Å². The summed E-state index contributed by atoms with van der Waals surface area (Å²) in [5, 5.41) is 2.86. The molecule has 7 nitrogen and oxygen atoms in total. The molecule has 1 aliphatic rings. The summed E-state index contributed by atoms with van der Waals surface area (Å²) in [5.41, 5.74) is 0. The van der Waals surface area contributed by atoms with Gasteiger partial charge in [-0.1, -0.05) is 20.8 Å². The average Bonchev–Trinajstić information content (AvgIpc) is 2.68. The molecule has 3 rings (SSSR count). The molecule has 0 atom stereocenters. The summed E-state index contributed by atoms with van der Waals surface area (Å²) in [6, 6.07) is 4.06. The fraction of sp³-hybridized carbons (Fsp3) is 0.476. The first-order chi connectivity index (χ1) is 14.5. The number of nitrogens with zero attached hydrogens (tertiary/aromatic N) is 4. The zero-order chi connectivity index (χ0) is 22.8. The molecule has 0 aliphatic carbocycles. The van der Waals surface area contributed by atoms with Crippen LogP contribution in [0.3, 0.4) is 0 Å². The van der Waals surface area contributed by atoms with Gasteiger partial charge in [0.1, 0.15) is 17.4 Å². The summed E-state index contributed by atoms with van der Waals surface area (Å²) in [5.74, 6) is -0.205. The molecule has 1 saturated heterocycles. The highest BCUT2D eigenvalue weighted by molar-refractivity contribution is 6.74. The topological polar surface area (TPSA) is 70.6 Å². The van der Waals surface area contributed by atoms with Gasteiger partial charge < -0.3 is 14.2 Å². The summed E-state index contributed by atoms with van der Waals surface area (Å²) in [4.78, 5) is 24.0. The van der Waals surface area contributed by atoms with Gasteiger partial charge in [-0.05, 0) is 30.3 Å². The summed E-state index contributed by atoms with van der Waals surface area (Å²) < 4.78 is 33.2. The number of nitrogens with one attached hydrogen (secondary N) is 1. The number of hydrogen-bond acceptors (Lipinski definition) is 5. The third-order valence-corrected chi connectivity index (χ3v) is 10.2. The van der Waals surface area contributed by atoms with Crippen LogP contribution in [0.15, 0.2) is 30.6 Å². The predicted octanol–water partition coefficient (Wildman–Crippen LogP) is 4.49. The lowest BCUT2D eigenvalue weighted by molar-refractivity contribution is 0.208. The maximum Gasteiger partial charge on any atom is 0.323 e. The van der Waals surface area contributed by atoms with Gasteiger partial charge in [-0.15, -0.1) is 0 Å². The number of hydrogen-bond donors (Lipinski definition) is 1. The van der Waals surface area contributed by atoms with E-state index in [1.807, 2.05) is 6.07 Å². The van der Waals surface area contributed by atoms with Crippen molar-refractivity contribution in [2.24, 2.45) is 0 Å². The SMILES string of the molecule is CC(C)(C)[Si](C)(C)Oc1ccc(NC(=O)N2CCN(c3ncc(F)cc3F)CC2)nc1. The zero-order valence-corrected chi connectivity index (χ0v) is 19.6. The first-order valence-electron chi connectivity index (χ1n) is 10.2. The van der Waals surface area contributed by atoms with Crippen LogP contribution in [0.25, 0.3) is 0 Å². The van der Waals surface area contributed by atoms with Gasteiger partial charge in [-0.25, -0.2) is 23.5 Å². The van der Waals surface area contributed by atoms with Gasteiger partial charge in [0.15, 0.2) is 11.6 Å². The summed E-state index contributed by atoms with van der Waals surface area (Å²) >= 11 is 0. The lowest BCUT2D eigenvalue weighted by Gasteiger charge is -2.36. The number of carbonyl (C=O) groups excluding carboxylic acids is 1. The lowest BCUT2D eigenvalue weighted by Crippen LogP contribution is -2.50. The molecule has 0 saturated carbocycles. The summed E-state index contributed by atoms with van der Waals surface area (Å²) in [6.45, 7) is 12.4. The maximum absolute atomic E-state index is 13.9. The molecule has 1 fully saturated rings. The van der Waals surface area contributed by atoms with Crippen LogP contribution in [0.4, 0.5) is 25.2 Å². The average molecular weight is 450 g/mol. The number of pyridine rings is 2. The Kier molecular flexibility index (Phi) is 6.49. The molecule has 1 aliphatic heterocycles. The Morgan fingerprint density at radius 1 is 1.10 bits per heavy atom. The third kappa shape index (κ3) is 5.49. The molecule has 0 spiro atoms. The molecular formula is C21H29F2N5O2Si. The Bertz CT molecular complexity index is 926. The van der Waals surface area contributed by atoms with Crippen LogP contribution < -0.4 is 14.6 Å². The second kappa shape index (κ2) is 8.78. The van der Waals surface area contributed by atoms with Gasteiger partial charge in [0.2, 0.25) is 0 Å². The fourth-order valence-electron chi connectivity index (χ4n) is 2.91. The van der Waals surface area contributed by atoms with E-state index in [2.05, 4.69) is 49.1 Å². The van der Waals surface area contributed by atoms with E-state index in [4.69, 9.17) is 4.43 Å². The zero-order valence-electron chi connectivity index (χ0n) is 18.6. The van der Waals surface area contributed by atoms with Crippen LogP contribution in [-0.2, 0) is 0 Å². The summed E-state index contributed by atoms with van der Waals surface area (Å²) in [7, 11) is -1.96. The number of halogens is 2. The quantitative estimate of drug-likeness (QED) is 0.697. The molecular weight excluding hydrogens is 420 g/mol. The Hall–Kier alpha value is -2.75. The molecule has 31 heavy (non-hydrogen) atoms. The lowest BCUT2D eigenvalue weighted by atomic mass is 10.2. The molecule has 168 valence electrons. The minimum Gasteiger partial charge on any atom is -0.542 e. The monoisotopic (exact) mass is 449 g/mol.